The van der Waals surface area contributed by atoms with Crippen molar-refractivity contribution in [3.05, 3.63) is 84.3 Å². The molecule has 0 spiro atoms. The molecule has 3 aromatic carbocycles. The van der Waals surface area contributed by atoms with E-state index in [0.717, 1.165) is 66.8 Å². The van der Waals surface area contributed by atoms with Gasteiger partial charge in [0.25, 0.3) is 0 Å². The molecule has 1 amide bonds. The van der Waals surface area contributed by atoms with Gasteiger partial charge < -0.3 is 9.47 Å². The standard InChI is InChI=1S/C33H38N4O3/c1-33(2,3)40-32(38)36-30-20-26(19-25-10-11-27(39-4)21-28(25)30)29-12-15-34-31(35-29)18-23-13-16-37(17-14-23)22-24-8-6-5-7-9-24/h5-12,15,19-21,23H,13-14,16-18,22H2,1-4H3,(H,36,38). The normalized spacial score (nSPS) is 14.7. The number of carbonyl (C=O) groups excluding carboxylic acids is 1. The Labute approximate surface area is 236 Å². The van der Waals surface area contributed by atoms with E-state index in [1.807, 2.05) is 57.3 Å². The number of fused-ring (bicyclic) bond motifs is 1. The Morgan fingerprint density at radius 3 is 2.52 bits per heavy atom. The molecule has 1 fully saturated rings. The summed E-state index contributed by atoms with van der Waals surface area (Å²) in [6.45, 7) is 8.73. The summed E-state index contributed by atoms with van der Waals surface area (Å²) >= 11 is 0. The zero-order valence-electron chi connectivity index (χ0n) is 23.8. The van der Waals surface area contributed by atoms with Gasteiger partial charge in [-0.1, -0.05) is 36.4 Å². The third kappa shape index (κ3) is 7.16. The second kappa shape index (κ2) is 12.0. The fourth-order valence-electron chi connectivity index (χ4n) is 5.24. The molecule has 1 aliphatic heterocycles. The Hall–Kier alpha value is -3.97. The molecule has 1 aliphatic rings. The first-order valence-corrected chi connectivity index (χ1v) is 14.0. The van der Waals surface area contributed by atoms with Crippen LogP contribution in [0.25, 0.3) is 22.0 Å². The predicted octanol–water partition coefficient (Wildman–Crippen LogP) is 7.11. The highest BCUT2D eigenvalue weighted by Gasteiger charge is 2.21. The molecule has 1 saturated heterocycles. The minimum Gasteiger partial charge on any atom is -0.497 e. The van der Waals surface area contributed by atoms with Gasteiger partial charge in [-0.2, -0.15) is 0 Å². The van der Waals surface area contributed by atoms with Crippen LogP contribution in [0, 0.1) is 5.92 Å². The number of nitrogens with one attached hydrogen (secondary N) is 1. The number of hydrogen-bond acceptors (Lipinski definition) is 6. The molecular weight excluding hydrogens is 500 g/mol. The maximum Gasteiger partial charge on any atom is 0.412 e. The molecule has 7 nitrogen and oxygen atoms in total. The fraction of sp³-hybridized carbons (Fsp3) is 0.364. The molecule has 0 atom stereocenters. The van der Waals surface area contributed by atoms with Gasteiger partial charge in [0.1, 0.15) is 17.2 Å². The quantitative estimate of drug-likeness (QED) is 0.270. The van der Waals surface area contributed by atoms with Crippen molar-refractivity contribution in [2.75, 3.05) is 25.5 Å². The molecule has 7 heteroatoms. The maximum absolute atomic E-state index is 12.7. The van der Waals surface area contributed by atoms with Crippen LogP contribution in [0.3, 0.4) is 0 Å². The van der Waals surface area contributed by atoms with Crippen LogP contribution in [0.5, 0.6) is 5.75 Å². The SMILES string of the molecule is COc1ccc2cc(-c3ccnc(CC4CCN(Cc5ccccc5)CC4)n3)cc(NC(=O)OC(C)(C)C)c2c1. The Balaban J connectivity index is 1.33. The van der Waals surface area contributed by atoms with Crippen LogP contribution in [-0.4, -0.2) is 46.8 Å². The first kappa shape index (κ1) is 27.6. The van der Waals surface area contributed by atoms with Crippen molar-refractivity contribution in [1.82, 2.24) is 14.9 Å². The monoisotopic (exact) mass is 538 g/mol. The number of likely N-dealkylation sites (tertiary alicyclic amines) is 1. The molecule has 0 saturated carbocycles. The first-order valence-electron chi connectivity index (χ1n) is 14.0. The third-order valence-electron chi connectivity index (χ3n) is 7.23. The molecule has 2 heterocycles. The van der Waals surface area contributed by atoms with E-state index >= 15 is 0 Å². The fourth-order valence-corrected chi connectivity index (χ4v) is 5.24. The maximum atomic E-state index is 12.7. The van der Waals surface area contributed by atoms with Gasteiger partial charge >= 0.3 is 6.09 Å². The number of hydrogen-bond donors (Lipinski definition) is 1. The van der Waals surface area contributed by atoms with Gasteiger partial charge in [-0.25, -0.2) is 14.8 Å². The van der Waals surface area contributed by atoms with E-state index in [-0.39, 0.29) is 0 Å². The van der Waals surface area contributed by atoms with Crippen molar-refractivity contribution >= 4 is 22.6 Å². The number of anilines is 1. The smallest absolute Gasteiger partial charge is 0.412 e. The first-order chi connectivity index (χ1) is 19.3. The van der Waals surface area contributed by atoms with Crippen LogP contribution in [0.15, 0.2) is 72.9 Å². The molecule has 0 aliphatic carbocycles. The molecule has 1 N–H and O–H groups in total. The second-order valence-electron chi connectivity index (χ2n) is 11.5. The Morgan fingerprint density at radius 2 is 1.80 bits per heavy atom. The van der Waals surface area contributed by atoms with Gasteiger partial charge in [0, 0.05) is 30.1 Å². The summed E-state index contributed by atoms with van der Waals surface area (Å²) < 4.78 is 11.0. The van der Waals surface area contributed by atoms with E-state index in [1.165, 1.54) is 5.56 Å². The minimum absolute atomic E-state index is 0.504. The molecule has 208 valence electrons. The third-order valence-corrected chi connectivity index (χ3v) is 7.23. The van der Waals surface area contributed by atoms with Crippen molar-refractivity contribution in [1.29, 1.82) is 0 Å². The second-order valence-corrected chi connectivity index (χ2v) is 11.5. The zero-order chi connectivity index (χ0) is 28.1. The summed E-state index contributed by atoms with van der Waals surface area (Å²) in [5.74, 6) is 2.14. The van der Waals surface area contributed by atoms with Gasteiger partial charge in [-0.3, -0.25) is 10.2 Å². The summed E-state index contributed by atoms with van der Waals surface area (Å²) in [6.07, 6.45) is 4.47. The molecule has 4 aromatic rings. The van der Waals surface area contributed by atoms with E-state index in [0.29, 0.717) is 17.4 Å². The average Bonchev–Trinajstić information content (AvgIpc) is 2.93. The largest absolute Gasteiger partial charge is 0.497 e. The number of rotatable bonds is 7. The Morgan fingerprint density at radius 1 is 1.02 bits per heavy atom. The van der Waals surface area contributed by atoms with Crippen LogP contribution < -0.4 is 10.1 Å². The zero-order valence-corrected chi connectivity index (χ0v) is 23.8. The summed E-state index contributed by atoms with van der Waals surface area (Å²) in [4.78, 5) is 24.8. The highest BCUT2D eigenvalue weighted by atomic mass is 16.6. The topological polar surface area (TPSA) is 76.6 Å². The molecule has 0 radical (unpaired) electrons. The lowest BCUT2D eigenvalue weighted by atomic mass is 9.93. The number of piperidine rings is 1. The summed E-state index contributed by atoms with van der Waals surface area (Å²) in [5.41, 5.74) is 3.15. The lowest BCUT2D eigenvalue weighted by Gasteiger charge is -2.31. The van der Waals surface area contributed by atoms with Gasteiger partial charge in [0.05, 0.1) is 18.5 Å². The number of methoxy groups -OCH3 is 1. The molecular formula is C33H38N4O3. The highest BCUT2D eigenvalue weighted by Crippen LogP contribution is 2.33. The van der Waals surface area contributed by atoms with Crippen LogP contribution in [0.1, 0.15) is 45.0 Å². The summed E-state index contributed by atoms with van der Waals surface area (Å²) in [5, 5.41) is 4.77. The minimum atomic E-state index is -0.603. The Bertz CT molecular complexity index is 1460. The number of amides is 1. The van der Waals surface area contributed by atoms with E-state index in [2.05, 4.69) is 51.6 Å². The van der Waals surface area contributed by atoms with Crippen LogP contribution in [0.2, 0.25) is 0 Å². The van der Waals surface area contributed by atoms with Crippen LogP contribution >= 0.6 is 0 Å². The number of nitrogens with zero attached hydrogens (tertiary/aromatic N) is 3. The van der Waals surface area contributed by atoms with E-state index in [1.54, 1.807) is 7.11 Å². The van der Waals surface area contributed by atoms with Crippen molar-refractivity contribution in [3.63, 3.8) is 0 Å². The van der Waals surface area contributed by atoms with E-state index < -0.39 is 11.7 Å². The lowest BCUT2D eigenvalue weighted by Crippen LogP contribution is -2.34. The molecule has 5 rings (SSSR count). The molecule has 40 heavy (non-hydrogen) atoms. The van der Waals surface area contributed by atoms with Crippen molar-refractivity contribution in [3.8, 4) is 17.0 Å². The number of aromatic nitrogens is 2. The number of carbonyl (C=O) groups is 1. The van der Waals surface area contributed by atoms with Gasteiger partial charge in [-0.15, -0.1) is 0 Å². The molecule has 0 unspecified atom stereocenters. The summed E-state index contributed by atoms with van der Waals surface area (Å²) in [7, 11) is 1.63. The van der Waals surface area contributed by atoms with Crippen molar-refractivity contribution in [2.24, 2.45) is 5.92 Å². The molecule has 0 bridgehead atoms. The predicted molar refractivity (Wildman–Crippen MR) is 160 cm³/mol. The highest BCUT2D eigenvalue weighted by molar-refractivity contribution is 6.03. The Kier molecular flexibility index (Phi) is 8.31. The van der Waals surface area contributed by atoms with E-state index in [4.69, 9.17) is 14.5 Å². The number of benzene rings is 3. The van der Waals surface area contributed by atoms with E-state index in [9.17, 15) is 4.79 Å². The van der Waals surface area contributed by atoms with Gasteiger partial charge in [-0.05, 0) is 93.9 Å². The summed E-state index contributed by atoms with van der Waals surface area (Å²) in [6, 6.07) is 22.5. The van der Waals surface area contributed by atoms with Gasteiger partial charge in [0.15, 0.2) is 0 Å². The van der Waals surface area contributed by atoms with Crippen molar-refractivity contribution < 1.29 is 14.3 Å². The van der Waals surface area contributed by atoms with Crippen LogP contribution in [0.4, 0.5) is 10.5 Å². The van der Waals surface area contributed by atoms with Crippen LogP contribution in [-0.2, 0) is 17.7 Å². The lowest BCUT2D eigenvalue weighted by molar-refractivity contribution is 0.0636. The van der Waals surface area contributed by atoms with Crippen molar-refractivity contribution in [2.45, 2.75) is 52.2 Å². The van der Waals surface area contributed by atoms with Gasteiger partial charge in [0.2, 0.25) is 0 Å². The molecule has 1 aromatic heterocycles. The number of ether oxygens (including phenoxy) is 2. The average molecular weight is 539 g/mol.